The Balaban J connectivity index is 2.00. The number of nitrogens with zero attached hydrogens (tertiary/aromatic N) is 2. The number of nitrogens with one attached hydrogen (secondary N) is 1. The Morgan fingerprint density at radius 2 is 2.03 bits per heavy atom. The number of carbonyl (C=O) groups excluding carboxylic acids is 2. The maximum absolute atomic E-state index is 12.6. The Labute approximate surface area is 174 Å². The van der Waals surface area contributed by atoms with E-state index < -0.39 is 11.7 Å². The Morgan fingerprint density at radius 3 is 2.62 bits per heavy atom. The summed E-state index contributed by atoms with van der Waals surface area (Å²) in [5.41, 5.74) is 4.08. The summed E-state index contributed by atoms with van der Waals surface area (Å²) < 4.78 is 5.08. The van der Waals surface area contributed by atoms with Crippen LogP contribution < -0.4 is 10.2 Å². The summed E-state index contributed by atoms with van der Waals surface area (Å²) in [5.74, 6) is -0.861. The first-order valence-electron chi connectivity index (χ1n) is 9.18. The summed E-state index contributed by atoms with van der Waals surface area (Å²) in [5, 5.41) is 2.63. The number of ketones is 1. The Hall–Kier alpha value is -3.12. The molecule has 0 atom stereocenters. The van der Waals surface area contributed by atoms with E-state index in [0.717, 1.165) is 16.9 Å². The van der Waals surface area contributed by atoms with Crippen molar-refractivity contribution in [1.29, 1.82) is 0 Å². The van der Waals surface area contributed by atoms with Crippen LogP contribution in [0.4, 0.5) is 11.4 Å². The van der Waals surface area contributed by atoms with Crippen molar-refractivity contribution in [2.24, 2.45) is 4.99 Å². The van der Waals surface area contributed by atoms with E-state index in [1.54, 1.807) is 12.1 Å². The van der Waals surface area contributed by atoms with Gasteiger partial charge in [0.05, 0.1) is 28.4 Å². The average Bonchev–Trinajstić information content (AvgIpc) is 3.22. The number of halogens is 1. The van der Waals surface area contributed by atoms with Crippen LogP contribution in [0.2, 0.25) is 0 Å². The highest BCUT2D eigenvalue weighted by Crippen LogP contribution is 2.29. The molecule has 3 rings (SSSR count). The van der Waals surface area contributed by atoms with E-state index in [1.807, 2.05) is 51.0 Å². The topological polar surface area (TPSA) is 74.9 Å². The van der Waals surface area contributed by atoms with Crippen molar-refractivity contribution in [3.05, 3.63) is 70.3 Å². The van der Waals surface area contributed by atoms with Gasteiger partial charge in [0, 0.05) is 25.4 Å². The molecule has 1 aliphatic carbocycles. The Morgan fingerprint density at radius 1 is 1.28 bits per heavy atom. The molecule has 7 heteroatoms. The van der Waals surface area contributed by atoms with Crippen LogP contribution in [0.3, 0.4) is 0 Å². The van der Waals surface area contributed by atoms with Gasteiger partial charge in [-0.1, -0.05) is 18.5 Å². The fraction of sp³-hybridized carbons (Fsp3) is 0.227. The van der Waals surface area contributed by atoms with Gasteiger partial charge in [0.25, 0.3) is 5.91 Å². The number of aryl methyl sites for hydroxylation is 1. The average molecular weight is 412 g/mol. The van der Waals surface area contributed by atoms with Crippen molar-refractivity contribution in [3.8, 4) is 0 Å². The van der Waals surface area contributed by atoms with Crippen LogP contribution >= 0.6 is 11.6 Å². The van der Waals surface area contributed by atoms with Gasteiger partial charge in [-0.25, -0.2) is 4.99 Å². The highest BCUT2D eigenvalue weighted by atomic mass is 35.5. The van der Waals surface area contributed by atoms with Crippen molar-refractivity contribution in [2.75, 3.05) is 19.0 Å². The summed E-state index contributed by atoms with van der Waals surface area (Å²) in [4.78, 5) is 31.7. The summed E-state index contributed by atoms with van der Waals surface area (Å²) in [6.07, 6.45) is 3.49. The van der Waals surface area contributed by atoms with E-state index in [4.69, 9.17) is 21.0 Å². The lowest BCUT2D eigenvalue weighted by Gasteiger charge is -2.18. The summed E-state index contributed by atoms with van der Waals surface area (Å²) in [6, 6.07) is 9.04. The number of furan rings is 1. The molecule has 6 nitrogen and oxygen atoms in total. The fourth-order valence-corrected chi connectivity index (χ4v) is 3.28. The van der Waals surface area contributed by atoms with E-state index >= 15 is 0 Å². The number of anilines is 1. The smallest absolute Gasteiger partial charge is 0.291 e. The van der Waals surface area contributed by atoms with Crippen LogP contribution in [-0.4, -0.2) is 31.5 Å². The molecule has 0 unspecified atom stereocenters. The Bertz CT molecular complexity index is 1050. The maximum Gasteiger partial charge on any atom is 0.291 e. The highest BCUT2D eigenvalue weighted by Gasteiger charge is 2.27. The molecule has 1 amide bonds. The molecule has 1 aliphatic rings. The number of Topliss-reactive ketones (excluding diaryl/α,β-unsaturated/α-hetero) is 1. The normalized spacial score (nSPS) is 15.6. The van der Waals surface area contributed by atoms with E-state index in [-0.39, 0.29) is 16.5 Å². The second-order valence-corrected chi connectivity index (χ2v) is 7.20. The first-order valence-corrected chi connectivity index (χ1v) is 9.56. The molecule has 1 N–H and O–H groups in total. The number of carbonyl (C=O) groups is 2. The van der Waals surface area contributed by atoms with Gasteiger partial charge < -0.3 is 14.6 Å². The molecule has 0 fully saturated rings. The maximum atomic E-state index is 12.6. The third kappa shape index (κ3) is 4.32. The molecule has 0 saturated heterocycles. The van der Waals surface area contributed by atoms with E-state index in [1.165, 1.54) is 12.3 Å². The minimum atomic E-state index is -0.523. The van der Waals surface area contributed by atoms with Gasteiger partial charge >= 0.3 is 0 Å². The number of amides is 1. The first kappa shape index (κ1) is 20.6. The largest absolute Gasteiger partial charge is 0.459 e. The predicted molar refractivity (Wildman–Crippen MR) is 115 cm³/mol. The van der Waals surface area contributed by atoms with E-state index in [2.05, 4.69) is 5.32 Å². The number of aliphatic imine (C=N–C) groups is 1. The van der Waals surface area contributed by atoms with Crippen molar-refractivity contribution in [1.82, 2.24) is 5.32 Å². The molecule has 0 bridgehead atoms. The molecule has 0 spiro atoms. The quantitative estimate of drug-likeness (QED) is 0.733. The van der Waals surface area contributed by atoms with Crippen LogP contribution in [0, 0.1) is 6.92 Å². The fourth-order valence-electron chi connectivity index (χ4n) is 2.95. The lowest BCUT2D eigenvalue weighted by atomic mass is 9.97. The molecule has 0 aliphatic heterocycles. The van der Waals surface area contributed by atoms with Crippen LogP contribution in [0.1, 0.15) is 29.5 Å². The van der Waals surface area contributed by atoms with Crippen molar-refractivity contribution in [2.45, 2.75) is 20.3 Å². The van der Waals surface area contributed by atoms with Gasteiger partial charge in [-0.15, -0.1) is 0 Å². The number of hydrogen-bond donors (Lipinski definition) is 1. The number of benzene rings is 1. The summed E-state index contributed by atoms with van der Waals surface area (Å²) in [6.45, 7) is 3.88. The summed E-state index contributed by atoms with van der Waals surface area (Å²) in [7, 11) is 3.95. The molecule has 150 valence electrons. The molecule has 2 aromatic rings. The van der Waals surface area contributed by atoms with Gasteiger partial charge in [-0.3, -0.25) is 9.59 Å². The van der Waals surface area contributed by atoms with Gasteiger partial charge in [-0.05, 0) is 55.3 Å². The summed E-state index contributed by atoms with van der Waals surface area (Å²) >= 11 is 6.33. The number of rotatable bonds is 5. The SMILES string of the molecule is CCC1=C(Cl)C(=O)C(NC(=O)c2ccco2)=CC1=Nc1ccc(N(C)C)cc1C. The second kappa shape index (κ2) is 8.49. The molecule has 1 aromatic carbocycles. The molecule has 0 saturated carbocycles. The molecular weight excluding hydrogens is 390 g/mol. The molecule has 0 radical (unpaired) electrons. The number of hydrogen-bond acceptors (Lipinski definition) is 5. The molecule has 1 heterocycles. The van der Waals surface area contributed by atoms with Crippen LogP contribution in [0.25, 0.3) is 0 Å². The molecule has 29 heavy (non-hydrogen) atoms. The highest BCUT2D eigenvalue weighted by molar-refractivity contribution is 6.49. The van der Waals surface area contributed by atoms with Gasteiger partial charge in [0.1, 0.15) is 0 Å². The number of allylic oxidation sites excluding steroid dienone is 3. The molecular formula is C22H22ClN3O3. The van der Waals surface area contributed by atoms with E-state index in [9.17, 15) is 9.59 Å². The lowest BCUT2D eigenvalue weighted by molar-refractivity contribution is -0.112. The Kier molecular flexibility index (Phi) is 6.03. The zero-order valence-corrected chi connectivity index (χ0v) is 17.5. The third-order valence-corrected chi connectivity index (χ3v) is 4.98. The second-order valence-electron chi connectivity index (χ2n) is 6.83. The lowest BCUT2D eigenvalue weighted by Crippen LogP contribution is -2.31. The minimum absolute atomic E-state index is 0.0612. The zero-order chi connectivity index (χ0) is 21.1. The monoisotopic (exact) mass is 411 g/mol. The zero-order valence-electron chi connectivity index (χ0n) is 16.7. The van der Waals surface area contributed by atoms with Crippen molar-refractivity contribution in [3.63, 3.8) is 0 Å². The van der Waals surface area contributed by atoms with Gasteiger partial charge in [0.2, 0.25) is 5.78 Å². The molecule has 1 aromatic heterocycles. The third-order valence-electron chi connectivity index (χ3n) is 4.58. The van der Waals surface area contributed by atoms with Crippen molar-refractivity contribution >= 4 is 40.4 Å². The van der Waals surface area contributed by atoms with Gasteiger partial charge in [-0.2, -0.15) is 0 Å². The van der Waals surface area contributed by atoms with Crippen LogP contribution in [-0.2, 0) is 4.79 Å². The van der Waals surface area contributed by atoms with E-state index in [0.29, 0.717) is 17.7 Å². The van der Waals surface area contributed by atoms with Gasteiger partial charge in [0.15, 0.2) is 5.76 Å². The standard InChI is InChI=1S/C22H22ClN3O3/c1-5-15-17(24-16-9-8-14(26(3)4)11-13(16)2)12-18(21(27)20(15)23)25-22(28)19-7-6-10-29-19/h6-12H,5H2,1-4H3,(H,25,28). The van der Waals surface area contributed by atoms with Crippen LogP contribution in [0.15, 0.2) is 68.4 Å². The van der Waals surface area contributed by atoms with Crippen LogP contribution in [0.5, 0.6) is 0 Å². The predicted octanol–water partition coefficient (Wildman–Crippen LogP) is 4.53. The minimum Gasteiger partial charge on any atom is -0.459 e. The first-order chi connectivity index (χ1) is 13.8. The van der Waals surface area contributed by atoms with Crippen molar-refractivity contribution < 1.29 is 14.0 Å².